The van der Waals surface area contributed by atoms with Crippen LogP contribution < -0.4 is 5.32 Å². The summed E-state index contributed by atoms with van der Waals surface area (Å²) in [7, 11) is 0. The third-order valence-electron chi connectivity index (χ3n) is 4.09. The van der Waals surface area contributed by atoms with E-state index in [1.54, 1.807) is 6.92 Å². The van der Waals surface area contributed by atoms with Crippen LogP contribution in [-0.2, 0) is 4.79 Å². The second-order valence-electron chi connectivity index (χ2n) is 5.68. The first-order valence-electron chi connectivity index (χ1n) is 7.23. The van der Waals surface area contributed by atoms with Gasteiger partial charge in [0.05, 0.1) is 0 Å². The molecule has 2 aliphatic rings. The summed E-state index contributed by atoms with van der Waals surface area (Å²) in [5, 5.41) is 3.14. The number of likely N-dealkylation sites (tertiary alicyclic amines) is 1. The van der Waals surface area contributed by atoms with E-state index >= 15 is 0 Å². The van der Waals surface area contributed by atoms with Crippen LogP contribution in [0.1, 0.15) is 58.3 Å². The average Bonchev–Trinajstić information content (AvgIpc) is 2.77. The van der Waals surface area contributed by atoms with E-state index in [1.807, 2.05) is 4.90 Å². The van der Waals surface area contributed by atoms with E-state index in [0.29, 0.717) is 12.5 Å². The van der Waals surface area contributed by atoms with Crippen molar-refractivity contribution in [3.63, 3.8) is 0 Å². The van der Waals surface area contributed by atoms with Crippen molar-refractivity contribution in [2.75, 3.05) is 6.54 Å². The molecule has 1 atom stereocenters. The van der Waals surface area contributed by atoms with Crippen molar-refractivity contribution < 1.29 is 9.59 Å². The zero-order valence-corrected chi connectivity index (χ0v) is 11.3. The highest BCUT2D eigenvalue weighted by atomic mass is 16.2. The summed E-state index contributed by atoms with van der Waals surface area (Å²) in [5.74, 6) is 0.178. The smallest absolute Gasteiger partial charge is 0.317 e. The fourth-order valence-corrected chi connectivity index (χ4v) is 3.15. The van der Waals surface area contributed by atoms with Crippen LogP contribution in [0.2, 0.25) is 0 Å². The Morgan fingerprint density at radius 1 is 1.11 bits per heavy atom. The van der Waals surface area contributed by atoms with Crippen LogP contribution in [0.25, 0.3) is 0 Å². The second kappa shape index (κ2) is 6.21. The fraction of sp³-hybridized carbons (Fsp3) is 0.857. The zero-order chi connectivity index (χ0) is 13.0. The van der Waals surface area contributed by atoms with Crippen LogP contribution in [0.15, 0.2) is 0 Å². The molecular formula is C14H24N2O2. The Bertz CT molecular complexity index is 311. The molecule has 1 aliphatic heterocycles. The third kappa shape index (κ3) is 3.47. The van der Waals surface area contributed by atoms with Gasteiger partial charge < -0.3 is 10.2 Å². The Hall–Kier alpha value is -1.06. The van der Waals surface area contributed by atoms with Crippen LogP contribution >= 0.6 is 0 Å². The molecule has 1 N–H and O–H groups in total. The van der Waals surface area contributed by atoms with Gasteiger partial charge in [-0.2, -0.15) is 0 Å². The maximum Gasteiger partial charge on any atom is 0.317 e. The highest BCUT2D eigenvalue weighted by molar-refractivity contribution is 5.79. The number of rotatable bonds is 3. The molecule has 2 rings (SSSR count). The van der Waals surface area contributed by atoms with Gasteiger partial charge in [-0.1, -0.05) is 19.3 Å². The number of urea groups is 1. The fourth-order valence-electron chi connectivity index (χ4n) is 3.15. The molecule has 2 amide bonds. The molecular weight excluding hydrogens is 228 g/mol. The Kier molecular flexibility index (Phi) is 4.61. The highest BCUT2D eigenvalue weighted by Gasteiger charge is 2.30. The van der Waals surface area contributed by atoms with Crippen molar-refractivity contribution in [3.8, 4) is 0 Å². The Labute approximate surface area is 109 Å². The van der Waals surface area contributed by atoms with Crippen molar-refractivity contribution >= 4 is 11.8 Å². The molecule has 2 fully saturated rings. The number of nitrogens with one attached hydrogen (secondary N) is 1. The van der Waals surface area contributed by atoms with E-state index < -0.39 is 0 Å². The number of hydrogen-bond donors (Lipinski definition) is 1. The minimum atomic E-state index is 0.0469. The quantitative estimate of drug-likeness (QED) is 0.839. The molecule has 0 bridgehead atoms. The van der Waals surface area contributed by atoms with Crippen molar-refractivity contribution in [2.45, 2.75) is 70.4 Å². The highest BCUT2D eigenvalue weighted by Crippen LogP contribution is 2.22. The second-order valence-corrected chi connectivity index (χ2v) is 5.68. The molecule has 1 saturated heterocycles. The summed E-state index contributed by atoms with van der Waals surface area (Å²) in [6.45, 7) is 2.41. The van der Waals surface area contributed by atoms with Crippen LogP contribution in [0.4, 0.5) is 4.79 Å². The summed E-state index contributed by atoms with van der Waals surface area (Å²) in [4.78, 5) is 25.3. The van der Waals surface area contributed by atoms with E-state index in [1.165, 1.54) is 19.3 Å². The standard InChI is InChI=1S/C14H24N2O2/c1-11(17)10-13-8-5-9-16(13)14(18)15-12-6-3-2-4-7-12/h12-13H,2-10H2,1H3,(H,15,18). The zero-order valence-electron chi connectivity index (χ0n) is 11.3. The normalized spacial score (nSPS) is 25.2. The lowest BCUT2D eigenvalue weighted by Gasteiger charge is -2.29. The number of hydrogen-bond acceptors (Lipinski definition) is 2. The van der Waals surface area contributed by atoms with E-state index in [-0.39, 0.29) is 17.9 Å². The summed E-state index contributed by atoms with van der Waals surface area (Å²) in [6.07, 6.45) is 8.46. The molecule has 0 spiro atoms. The van der Waals surface area contributed by atoms with Gasteiger partial charge in [0, 0.05) is 25.0 Å². The number of Topliss-reactive ketones (excluding diaryl/α,β-unsaturated/α-hetero) is 1. The van der Waals surface area contributed by atoms with Gasteiger partial charge in [-0.05, 0) is 32.6 Å². The summed E-state index contributed by atoms with van der Waals surface area (Å²) < 4.78 is 0. The topological polar surface area (TPSA) is 49.4 Å². The molecule has 4 heteroatoms. The summed E-state index contributed by atoms with van der Waals surface area (Å²) in [6, 6.07) is 0.529. The van der Waals surface area contributed by atoms with E-state index in [4.69, 9.17) is 0 Å². The first-order valence-corrected chi connectivity index (χ1v) is 7.23. The lowest BCUT2D eigenvalue weighted by molar-refractivity contribution is -0.117. The summed E-state index contributed by atoms with van der Waals surface area (Å²) in [5.41, 5.74) is 0. The molecule has 0 aromatic carbocycles. The van der Waals surface area contributed by atoms with Gasteiger partial charge in [-0.3, -0.25) is 4.79 Å². The number of amides is 2. The molecule has 1 unspecified atom stereocenters. The SMILES string of the molecule is CC(=O)CC1CCCN1C(=O)NC1CCCCC1. The number of carbonyl (C=O) groups is 2. The van der Waals surface area contributed by atoms with Gasteiger partial charge in [0.2, 0.25) is 0 Å². The molecule has 1 heterocycles. The van der Waals surface area contributed by atoms with Gasteiger partial charge >= 0.3 is 6.03 Å². The molecule has 1 aliphatic carbocycles. The summed E-state index contributed by atoms with van der Waals surface area (Å²) >= 11 is 0. The van der Waals surface area contributed by atoms with Crippen LogP contribution in [0, 0.1) is 0 Å². The van der Waals surface area contributed by atoms with Gasteiger partial charge in [0.25, 0.3) is 0 Å². The van der Waals surface area contributed by atoms with Gasteiger partial charge in [-0.25, -0.2) is 4.79 Å². The Morgan fingerprint density at radius 3 is 2.50 bits per heavy atom. The number of carbonyl (C=O) groups excluding carboxylic acids is 2. The van der Waals surface area contributed by atoms with Gasteiger partial charge in [0.1, 0.15) is 5.78 Å². The van der Waals surface area contributed by atoms with E-state index in [9.17, 15) is 9.59 Å². The molecule has 18 heavy (non-hydrogen) atoms. The number of nitrogens with zero attached hydrogens (tertiary/aromatic N) is 1. The van der Waals surface area contributed by atoms with Gasteiger partial charge in [0.15, 0.2) is 0 Å². The third-order valence-corrected chi connectivity index (χ3v) is 4.09. The molecule has 4 nitrogen and oxygen atoms in total. The Morgan fingerprint density at radius 2 is 1.83 bits per heavy atom. The first-order chi connectivity index (χ1) is 8.66. The largest absolute Gasteiger partial charge is 0.335 e. The first kappa shape index (κ1) is 13.4. The maximum atomic E-state index is 12.2. The van der Waals surface area contributed by atoms with Crippen molar-refractivity contribution in [1.29, 1.82) is 0 Å². The average molecular weight is 252 g/mol. The predicted molar refractivity (Wildman–Crippen MR) is 70.4 cm³/mol. The Balaban J connectivity index is 1.84. The molecule has 102 valence electrons. The lowest BCUT2D eigenvalue weighted by Crippen LogP contribution is -2.47. The molecule has 1 saturated carbocycles. The lowest BCUT2D eigenvalue weighted by atomic mass is 9.96. The van der Waals surface area contributed by atoms with Crippen LogP contribution in [-0.4, -0.2) is 35.3 Å². The van der Waals surface area contributed by atoms with Crippen LogP contribution in [0.3, 0.4) is 0 Å². The van der Waals surface area contributed by atoms with Crippen LogP contribution in [0.5, 0.6) is 0 Å². The molecule has 0 aromatic rings. The van der Waals surface area contributed by atoms with Crippen molar-refractivity contribution in [1.82, 2.24) is 10.2 Å². The van der Waals surface area contributed by atoms with Crippen molar-refractivity contribution in [2.24, 2.45) is 0 Å². The minimum Gasteiger partial charge on any atom is -0.335 e. The number of ketones is 1. The van der Waals surface area contributed by atoms with Gasteiger partial charge in [-0.15, -0.1) is 0 Å². The monoisotopic (exact) mass is 252 g/mol. The predicted octanol–water partition coefficient (Wildman–Crippen LogP) is 2.47. The van der Waals surface area contributed by atoms with E-state index in [0.717, 1.165) is 32.2 Å². The molecule has 0 radical (unpaired) electrons. The molecule has 0 aromatic heterocycles. The minimum absolute atomic E-state index is 0.0469. The van der Waals surface area contributed by atoms with E-state index in [2.05, 4.69) is 5.32 Å². The maximum absolute atomic E-state index is 12.2. The van der Waals surface area contributed by atoms with Crippen molar-refractivity contribution in [3.05, 3.63) is 0 Å².